The van der Waals surface area contributed by atoms with Crippen molar-refractivity contribution in [2.45, 2.75) is 23.5 Å². The number of halogens is 2. The van der Waals surface area contributed by atoms with Crippen LogP contribution in [0.15, 0.2) is 57.9 Å². The minimum absolute atomic E-state index is 0.0108. The molecule has 1 heterocycles. The van der Waals surface area contributed by atoms with Gasteiger partial charge in [0.2, 0.25) is 15.9 Å². The Bertz CT molecular complexity index is 945. The molecular weight excluding hydrogens is 508 g/mol. The highest BCUT2D eigenvalue weighted by Crippen LogP contribution is 2.23. The third-order valence-electron chi connectivity index (χ3n) is 4.96. The molecule has 0 radical (unpaired) electrons. The molecule has 2 aromatic rings. The number of carbonyl (C=O) groups excluding carboxylic acids is 1. The predicted molar refractivity (Wildman–Crippen MR) is 126 cm³/mol. The molecule has 0 atom stereocenters. The zero-order chi connectivity index (χ0) is 21.6. The standard InChI is InChI=1S/C21H24BrClN2O3S2/c22-18-3-1-16(2-4-18)15-30(27,28)25-12-9-17(10-13-25)21(26)24-11-14-29-20-7-5-19(23)6-8-20/h1-8,17H,9-15H2,(H,24,26). The first-order valence-corrected chi connectivity index (χ1v) is 13.5. The highest BCUT2D eigenvalue weighted by atomic mass is 79.9. The van der Waals surface area contributed by atoms with Crippen molar-refractivity contribution in [3.63, 3.8) is 0 Å². The van der Waals surface area contributed by atoms with Gasteiger partial charge in [0.05, 0.1) is 5.75 Å². The molecule has 5 nitrogen and oxygen atoms in total. The molecule has 9 heteroatoms. The lowest BCUT2D eigenvalue weighted by Crippen LogP contribution is -2.43. The van der Waals surface area contributed by atoms with Crippen LogP contribution in [0.25, 0.3) is 0 Å². The topological polar surface area (TPSA) is 66.5 Å². The van der Waals surface area contributed by atoms with E-state index in [4.69, 9.17) is 11.6 Å². The summed E-state index contributed by atoms with van der Waals surface area (Å²) in [5, 5.41) is 3.68. The van der Waals surface area contributed by atoms with E-state index in [9.17, 15) is 13.2 Å². The molecule has 0 aromatic heterocycles. The van der Waals surface area contributed by atoms with E-state index < -0.39 is 10.0 Å². The first kappa shape index (κ1) is 23.6. The Morgan fingerprint density at radius 3 is 2.37 bits per heavy atom. The fourth-order valence-corrected chi connectivity index (χ4v) is 6.02. The molecule has 0 saturated carbocycles. The molecule has 1 N–H and O–H groups in total. The van der Waals surface area contributed by atoms with Crippen molar-refractivity contribution in [3.8, 4) is 0 Å². The second-order valence-electron chi connectivity index (χ2n) is 7.15. The minimum atomic E-state index is -3.38. The van der Waals surface area contributed by atoms with E-state index in [-0.39, 0.29) is 17.6 Å². The quantitative estimate of drug-likeness (QED) is 0.401. The van der Waals surface area contributed by atoms with E-state index in [1.54, 1.807) is 11.8 Å². The number of sulfonamides is 1. The normalized spacial score (nSPS) is 15.8. The maximum Gasteiger partial charge on any atom is 0.223 e. The summed E-state index contributed by atoms with van der Waals surface area (Å²) in [5.41, 5.74) is 0.760. The van der Waals surface area contributed by atoms with Gasteiger partial charge in [0.1, 0.15) is 0 Å². The van der Waals surface area contributed by atoms with Crippen LogP contribution in [0.5, 0.6) is 0 Å². The predicted octanol–water partition coefficient (Wildman–Crippen LogP) is 4.55. The summed E-state index contributed by atoms with van der Waals surface area (Å²) < 4.78 is 27.8. The Morgan fingerprint density at radius 1 is 1.10 bits per heavy atom. The smallest absolute Gasteiger partial charge is 0.223 e. The van der Waals surface area contributed by atoms with Gasteiger partial charge in [-0.1, -0.05) is 39.7 Å². The molecule has 1 aliphatic rings. The van der Waals surface area contributed by atoms with Gasteiger partial charge in [0.25, 0.3) is 0 Å². The largest absolute Gasteiger partial charge is 0.355 e. The van der Waals surface area contributed by atoms with Gasteiger partial charge in [-0.15, -0.1) is 11.8 Å². The second kappa shape index (κ2) is 11.0. The van der Waals surface area contributed by atoms with Crippen LogP contribution in [-0.4, -0.2) is 44.0 Å². The second-order valence-corrected chi connectivity index (χ2v) is 11.6. The summed E-state index contributed by atoms with van der Waals surface area (Å²) >= 11 is 10.9. The summed E-state index contributed by atoms with van der Waals surface area (Å²) in [6, 6.07) is 14.9. The van der Waals surface area contributed by atoms with Crippen molar-refractivity contribution in [3.05, 3.63) is 63.6 Å². The molecule has 162 valence electrons. The zero-order valence-corrected chi connectivity index (χ0v) is 20.4. The third-order valence-corrected chi connectivity index (χ3v) is 8.61. The van der Waals surface area contributed by atoms with Gasteiger partial charge >= 0.3 is 0 Å². The van der Waals surface area contributed by atoms with Gasteiger partial charge in [0.15, 0.2) is 0 Å². The van der Waals surface area contributed by atoms with Crippen LogP contribution in [0.3, 0.4) is 0 Å². The highest BCUT2D eigenvalue weighted by Gasteiger charge is 2.31. The van der Waals surface area contributed by atoms with E-state index in [2.05, 4.69) is 21.2 Å². The molecule has 1 amide bonds. The molecule has 0 unspecified atom stereocenters. The monoisotopic (exact) mass is 530 g/mol. The fourth-order valence-electron chi connectivity index (χ4n) is 3.30. The van der Waals surface area contributed by atoms with E-state index in [1.807, 2.05) is 48.5 Å². The van der Waals surface area contributed by atoms with Crippen molar-refractivity contribution < 1.29 is 13.2 Å². The van der Waals surface area contributed by atoms with Crippen molar-refractivity contribution in [2.24, 2.45) is 5.92 Å². The number of nitrogens with zero attached hydrogens (tertiary/aromatic N) is 1. The Hall–Kier alpha value is -1.06. The number of benzene rings is 2. The van der Waals surface area contributed by atoms with Crippen molar-refractivity contribution >= 4 is 55.2 Å². The number of piperidine rings is 1. The number of carbonyl (C=O) groups is 1. The SMILES string of the molecule is O=C(NCCSc1ccc(Cl)cc1)C1CCN(S(=O)(=O)Cc2ccc(Br)cc2)CC1. The van der Waals surface area contributed by atoms with Crippen LogP contribution < -0.4 is 5.32 Å². The summed E-state index contributed by atoms with van der Waals surface area (Å²) in [5.74, 6) is 0.633. The molecule has 30 heavy (non-hydrogen) atoms. The van der Waals surface area contributed by atoms with Crippen LogP contribution in [0.2, 0.25) is 5.02 Å². The van der Waals surface area contributed by atoms with Gasteiger partial charge in [-0.05, 0) is 54.8 Å². The van der Waals surface area contributed by atoms with E-state index in [1.165, 1.54) is 4.31 Å². The summed E-state index contributed by atoms with van der Waals surface area (Å²) in [4.78, 5) is 13.5. The Morgan fingerprint density at radius 2 is 1.73 bits per heavy atom. The molecule has 2 aromatic carbocycles. The molecule has 3 rings (SSSR count). The maximum absolute atomic E-state index is 12.7. The molecule has 0 spiro atoms. The minimum Gasteiger partial charge on any atom is -0.355 e. The number of amides is 1. The molecule has 0 aliphatic carbocycles. The molecule has 1 saturated heterocycles. The van der Waals surface area contributed by atoms with E-state index in [0.717, 1.165) is 20.7 Å². The molecule has 0 bridgehead atoms. The van der Waals surface area contributed by atoms with Crippen LogP contribution in [0.1, 0.15) is 18.4 Å². The van der Waals surface area contributed by atoms with Crippen LogP contribution in [0.4, 0.5) is 0 Å². The number of rotatable bonds is 8. The van der Waals surface area contributed by atoms with Crippen molar-refractivity contribution in [1.29, 1.82) is 0 Å². The molecular formula is C21H24BrClN2O3S2. The van der Waals surface area contributed by atoms with Crippen LogP contribution in [-0.2, 0) is 20.6 Å². The first-order chi connectivity index (χ1) is 14.3. The lowest BCUT2D eigenvalue weighted by Gasteiger charge is -2.30. The highest BCUT2D eigenvalue weighted by molar-refractivity contribution is 9.10. The van der Waals surface area contributed by atoms with E-state index >= 15 is 0 Å². The Labute approximate surface area is 195 Å². The lowest BCUT2D eigenvalue weighted by atomic mass is 9.97. The van der Waals surface area contributed by atoms with Gasteiger partial charge < -0.3 is 5.32 Å². The van der Waals surface area contributed by atoms with Gasteiger partial charge in [0, 0.05) is 45.7 Å². The van der Waals surface area contributed by atoms with Gasteiger partial charge in [-0.3, -0.25) is 4.79 Å². The first-order valence-electron chi connectivity index (χ1n) is 9.72. The van der Waals surface area contributed by atoms with Crippen molar-refractivity contribution in [1.82, 2.24) is 9.62 Å². The summed E-state index contributed by atoms with van der Waals surface area (Å²) in [7, 11) is -3.38. The number of hydrogen-bond acceptors (Lipinski definition) is 4. The lowest BCUT2D eigenvalue weighted by molar-refractivity contribution is -0.125. The Kier molecular flexibility index (Phi) is 8.65. The summed E-state index contributed by atoms with van der Waals surface area (Å²) in [6.07, 6.45) is 1.10. The van der Waals surface area contributed by atoms with Gasteiger partial charge in [-0.25, -0.2) is 12.7 Å². The fraction of sp³-hybridized carbons (Fsp3) is 0.381. The number of thioether (sulfide) groups is 1. The molecule has 1 aliphatic heterocycles. The zero-order valence-electron chi connectivity index (χ0n) is 16.4. The maximum atomic E-state index is 12.7. The summed E-state index contributed by atoms with van der Waals surface area (Å²) in [6.45, 7) is 1.35. The van der Waals surface area contributed by atoms with E-state index in [0.29, 0.717) is 37.5 Å². The number of hydrogen-bond donors (Lipinski definition) is 1. The Balaban J connectivity index is 1.40. The number of nitrogens with one attached hydrogen (secondary N) is 1. The van der Waals surface area contributed by atoms with Gasteiger partial charge in [-0.2, -0.15) is 0 Å². The molecule has 1 fully saturated rings. The van der Waals surface area contributed by atoms with Crippen LogP contribution in [0, 0.1) is 5.92 Å². The average Bonchev–Trinajstić information content (AvgIpc) is 2.74. The van der Waals surface area contributed by atoms with Crippen LogP contribution >= 0.6 is 39.3 Å². The average molecular weight is 532 g/mol. The third kappa shape index (κ3) is 6.99. The van der Waals surface area contributed by atoms with Crippen molar-refractivity contribution in [2.75, 3.05) is 25.4 Å².